The topological polar surface area (TPSA) is 38.7 Å². The summed E-state index contributed by atoms with van der Waals surface area (Å²) in [5.74, 6) is 1.26. The van der Waals surface area contributed by atoms with Gasteiger partial charge in [-0.25, -0.2) is 0 Å². The smallest absolute Gasteiger partial charge is 0.172 e. The number of hydrogen-bond donors (Lipinski definition) is 1. The third-order valence-corrected chi connectivity index (χ3v) is 2.51. The van der Waals surface area contributed by atoms with Crippen molar-refractivity contribution in [2.45, 2.75) is 25.2 Å². The van der Waals surface area contributed by atoms with E-state index in [1.807, 2.05) is 0 Å². The average molecular weight is 196 g/mol. The van der Waals surface area contributed by atoms with Crippen LogP contribution in [0.25, 0.3) is 0 Å². The number of aliphatic hydroxyl groups excluding tert-OH is 1. The zero-order chi connectivity index (χ0) is 10.6. The molecular formula is C11H16O3. The molecule has 1 heterocycles. The van der Waals surface area contributed by atoms with Gasteiger partial charge in [0.2, 0.25) is 0 Å². The molecule has 2 unspecified atom stereocenters. The van der Waals surface area contributed by atoms with E-state index >= 15 is 0 Å². The normalized spacial score (nSPS) is 23.8. The van der Waals surface area contributed by atoms with Crippen molar-refractivity contribution in [1.29, 1.82) is 0 Å². The van der Waals surface area contributed by atoms with E-state index in [-0.39, 0.29) is 5.92 Å². The summed E-state index contributed by atoms with van der Waals surface area (Å²) >= 11 is 0. The minimum Gasteiger partial charge on any atom is -0.380 e. The van der Waals surface area contributed by atoms with Crippen LogP contribution < -0.4 is 0 Å². The van der Waals surface area contributed by atoms with Crippen molar-refractivity contribution < 1.29 is 14.6 Å². The predicted molar refractivity (Wildman–Crippen MR) is 53.5 cm³/mol. The van der Waals surface area contributed by atoms with Gasteiger partial charge >= 0.3 is 0 Å². The molecule has 1 N–H and O–H groups in total. The Balaban J connectivity index is 2.75. The highest BCUT2D eigenvalue weighted by molar-refractivity contribution is 5.02. The van der Waals surface area contributed by atoms with Gasteiger partial charge in [0.25, 0.3) is 0 Å². The minimum absolute atomic E-state index is 0.257. The third kappa shape index (κ3) is 2.16. The van der Waals surface area contributed by atoms with Gasteiger partial charge in [-0.15, -0.1) is 13.0 Å². The van der Waals surface area contributed by atoms with Crippen LogP contribution in [0, 0.1) is 18.3 Å². The van der Waals surface area contributed by atoms with Crippen molar-refractivity contribution in [2.24, 2.45) is 5.92 Å². The Labute approximate surface area is 84.7 Å². The molecule has 1 aliphatic heterocycles. The summed E-state index contributed by atoms with van der Waals surface area (Å²) in [4.78, 5) is 0. The number of hydrogen-bond acceptors (Lipinski definition) is 3. The first kappa shape index (κ1) is 11.3. The lowest BCUT2D eigenvalue weighted by Crippen LogP contribution is -2.42. The van der Waals surface area contributed by atoms with Gasteiger partial charge in [-0.3, -0.25) is 0 Å². The molecule has 3 heteroatoms. The SMILES string of the molecule is C#CC(O)C(CC=C)C1(C)OCCO1. The van der Waals surface area contributed by atoms with Crippen molar-refractivity contribution >= 4 is 0 Å². The molecule has 0 aromatic heterocycles. The van der Waals surface area contributed by atoms with Gasteiger partial charge in [0, 0.05) is 0 Å². The van der Waals surface area contributed by atoms with E-state index in [1.54, 1.807) is 13.0 Å². The minimum atomic E-state index is -0.865. The Hall–Kier alpha value is -0.820. The van der Waals surface area contributed by atoms with Crippen LogP contribution >= 0.6 is 0 Å². The molecule has 0 spiro atoms. The van der Waals surface area contributed by atoms with Crippen LogP contribution in [0.4, 0.5) is 0 Å². The van der Waals surface area contributed by atoms with E-state index in [2.05, 4.69) is 12.5 Å². The summed E-state index contributed by atoms with van der Waals surface area (Å²) in [5, 5.41) is 9.63. The molecule has 3 nitrogen and oxygen atoms in total. The Morgan fingerprint density at radius 2 is 2.21 bits per heavy atom. The maximum Gasteiger partial charge on any atom is 0.172 e. The fourth-order valence-electron chi connectivity index (χ4n) is 1.67. The van der Waals surface area contributed by atoms with E-state index in [9.17, 15) is 5.11 Å². The van der Waals surface area contributed by atoms with E-state index in [0.29, 0.717) is 19.6 Å². The summed E-state index contributed by atoms with van der Waals surface area (Å²) in [7, 11) is 0. The van der Waals surface area contributed by atoms with Crippen LogP contribution in [0.3, 0.4) is 0 Å². The van der Waals surface area contributed by atoms with E-state index in [4.69, 9.17) is 15.9 Å². The molecule has 0 bridgehead atoms. The molecular weight excluding hydrogens is 180 g/mol. The maximum atomic E-state index is 9.63. The van der Waals surface area contributed by atoms with Crippen molar-refractivity contribution in [3.63, 3.8) is 0 Å². The first-order valence-electron chi connectivity index (χ1n) is 4.67. The summed E-state index contributed by atoms with van der Waals surface area (Å²) in [6.07, 6.45) is 6.60. The average Bonchev–Trinajstić information content (AvgIpc) is 2.61. The number of terminal acetylenes is 1. The van der Waals surface area contributed by atoms with Crippen LogP contribution in [-0.2, 0) is 9.47 Å². The fraction of sp³-hybridized carbons (Fsp3) is 0.636. The number of allylic oxidation sites excluding steroid dienone is 1. The van der Waals surface area contributed by atoms with E-state index in [1.165, 1.54) is 0 Å². The Morgan fingerprint density at radius 3 is 2.64 bits per heavy atom. The number of rotatable bonds is 4. The summed E-state index contributed by atoms with van der Waals surface area (Å²) in [5.41, 5.74) is 0. The first-order chi connectivity index (χ1) is 6.64. The molecule has 0 radical (unpaired) electrons. The second kappa shape index (κ2) is 4.61. The van der Waals surface area contributed by atoms with Crippen molar-refractivity contribution in [3.8, 4) is 12.3 Å². The molecule has 2 atom stereocenters. The molecule has 78 valence electrons. The third-order valence-electron chi connectivity index (χ3n) is 2.51. The quantitative estimate of drug-likeness (QED) is 0.537. The van der Waals surface area contributed by atoms with E-state index < -0.39 is 11.9 Å². The molecule has 0 amide bonds. The van der Waals surface area contributed by atoms with Crippen molar-refractivity contribution in [2.75, 3.05) is 13.2 Å². The van der Waals surface area contributed by atoms with Crippen LogP contribution in [0.1, 0.15) is 13.3 Å². The highest BCUT2D eigenvalue weighted by atomic mass is 16.7. The lowest BCUT2D eigenvalue weighted by atomic mass is 9.90. The van der Waals surface area contributed by atoms with Gasteiger partial charge in [-0.1, -0.05) is 12.0 Å². The summed E-state index contributed by atoms with van der Waals surface area (Å²) < 4.78 is 10.9. The predicted octanol–water partition coefficient (Wildman–Crippen LogP) is 0.936. The lowest BCUT2D eigenvalue weighted by molar-refractivity contribution is -0.196. The monoisotopic (exact) mass is 196 g/mol. The van der Waals surface area contributed by atoms with Gasteiger partial charge < -0.3 is 14.6 Å². The van der Waals surface area contributed by atoms with Crippen molar-refractivity contribution in [3.05, 3.63) is 12.7 Å². The van der Waals surface area contributed by atoms with Crippen LogP contribution in [0.2, 0.25) is 0 Å². The number of ether oxygens (including phenoxy) is 2. The van der Waals surface area contributed by atoms with Gasteiger partial charge in [0.05, 0.1) is 19.1 Å². The Kier molecular flexibility index (Phi) is 3.70. The molecule has 1 aliphatic rings. The summed E-state index contributed by atoms with van der Waals surface area (Å²) in [6, 6.07) is 0. The second-order valence-corrected chi connectivity index (χ2v) is 3.46. The molecule has 1 saturated heterocycles. The molecule has 14 heavy (non-hydrogen) atoms. The van der Waals surface area contributed by atoms with Gasteiger partial charge in [0.1, 0.15) is 6.10 Å². The summed E-state index contributed by atoms with van der Waals surface area (Å²) in [6.45, 7) is 6.52. The second-order valence-electron chi connectivity index (χ2n) is 3.46. The molecule has 0 aliphatic carbocycles. The van der Waals surface area contributed by atoms with Gasteiger partial charge in [-0.05, 0) is 13.3 Å². The molecule has 0 saturated carbocycles. The zero-order valence-electron chi connectivity index (χ0n) is 8.40. The largest absolute Gasteiger partial charge is 0.380 e. The van der Waals surface area contributed by atoms with Crippen LogP contribution in [0.5, 0.6) is 0 Å². The van der Waals surface area contributed by atoms with Gasteiger partial charge in [0.15, 0.2) is 5.79 Å². The van der Waals surface area contributed by atoms with Crippen molar-refractivity contribution in [1.82, 2.24) is 0 Å². The highest BCUT2D eigenvalue weighted by Gasteiger charge is 2.42. The van der Waals surface area contributed by atoms with Crippen LogP contribution in [0.15, 0.2) is 12.7 Å². The van der Waals surface area contributed by atoms with Crippen LogP contribution in [-0.4, -0.2) is 30.2 Å². The zero-order valence-corrected chi connectivity index (χ0v) is 8.40. The Morgan fingerprint density at radius 1 is 1.64 bits per heavy atom. The lowest BCUT2D eigenvalue weighted by Gasteiger charge is -2.32. The number of aliphatic hydroxyl groups is 1. The fourth-order valence-corrected chi connectivity index (χ4v) is 1.67. The maximum absolute atomic E-state index is 9.63. The standard InChI is InChI=1S/C11H16O3/c1-4-6-9(10(12)5-2)11(3)13-7-8-14-11/h2,4,9-10,12H,1,6-8H2,3H3. The Bertz CT molecular complexity index is 235. The molecule has 1 rings (SSSR count). The van der Waals surface area contributed by atoms with E-state index in [0.717, 1.165) is 0 Å². The molecule has 0 aromatic rings. The molecule has 1 fully saturated rings. The van der Waals surface area contributed by atoms with Gasteiger partial charge in [-0.2, -0.15) is 0 Å². The molecule has 0 aromatic carbocycles. The first-order valence-corrected chi connectivity index (χ1v) is 4.67. The highest BCUT2D eigenvalue weighted by Crippen LogP contribution is 2.32.